The number of fused-ring (bicyclic) bond motifs is 1. The molecule has 1 heterocycles. The summed E-state index contributed by atoms with van der Waals surface area (Å²) in [5, 5.41) is 20.9. The zero-order valence-electron chi connectivity index (χ0n) is 7.14. The first-order valence-electron chi connectivity index (χ1n) is 4.05. The van der Waals surface area contributed by atoms with Crippen LogP contribution < -0.4 is 4.74 Å². The summed E-state index contributed by atoms with van der Waals surface area (Å²) in [6, 6.07) is 4.25. The highest BCUT2D eigenvalue weighted by Gasteiger charge is 2.28. The molecule has 1 unspecified atom stereocenters. The highest BCUT2D eigenvalue weighted by molar-refractivity contribution is 6.06. The van der Waals surface area contributed by atoms with E-state index in [9.17, 15) is 9.50 Å². The van der Waals surface area contributed by atoms with E-state index < -0.39 is 11.9 Å². The van der Waals surface area contributed by atoms with Crippen molar-refractivity contribution in [1.82, 2.24) is 0 Å². The van der Waals surface area contributed by atoms with Gasteiger partial charge in [-0.3, -0.25) is 0 Å². The van der Waals surface area contributed by atoms with Crippen LogP contribution in [-0.4, -0.2) is 28.7 Å². The summed E-state index contributed by atoms with van der Waals surface area (Å²) < 4.78 is 18.4. The van der Waals surface area contributed by atoms with Crippen molar-refractivity contribution in [3.8, 4) is 5.75 Å². The average Bonchev–Trinajstić information content (AvgIpc) is 2.19. The van der Waals surface area contributed by atoms with E-state index in [1.54, 1.807) is 6.07 Å². The number of nitrogens with zero attached hydrogens (tertiary/aromatic N) is 1. The minimum absolute atomic E-state index is 0.0220. The van der Waals surface area contributed by atoms with Gasteiger partial charge < -0.3 is 15.1 Å². The van der Waals surface area contributed by atoms with Crippen LogP contribution in [0.15, 0.2) is 23.4 Å². The van der Waals surface area contributed by atoms with E-state index >= 15 is 0 Å². The number of ether oxygens (including phenoxy) is 1. The number of halogens is 1. The predicted molar refractivity (Wildman–Crippen MR) is 46.2 cm³/mol. The molecule has 1 aliphatic rings. The van der Waals surface area contributed by atoms with Gasteiger partial charge >= 0.3 is 0 Å². The summed E-state index contributed by atoms with van der Waals surface area (Å²) >= 11 is 0. The first-order valence-corrected chi connectivity index (χ1v) is 4.05. The standard InChI is InChI=1S/C9H8FNO3/c10-5-2-1-3-7-8(5)9(11-13)6(12)4-14-7/h1-3,6,12-13H,4H2. The zero-order valence-corrected chi connectivity index (χ0v) is 7.14. The molecule has 0 amide bonds. The van der Waals surface area contributed by atoms with Gasteiger partial charge in [-0.2, -0.15) is 0 Å². The van der Waals surface area contributed by atoms with E-state index in [0.717, 1.165) is 0 Å². The molecule has 0 saturated heterocycles. The fourth-order valence-corrected chi connectivity index (χ4v) is 1.40. The molecule has 74 valence electrons. The lowest BCUT2D eigenvalue weighted by Crippen LogP contribution is -2.34. The number of aliphatic hydroxyl groups is 1. The molecule has 0 fully saturated rings. The summed E-state index contributed by atoms with van der Waals surface area (Å²) in [4.78, 5) is 0. The molecular formula is C9H8FNO3. The van der Waals surface area contributed by atoms with Gasteiger partial charge in [-0.25, -0.2) is 4.39 Å². The molecule has 0 aromatic heterocycles. The van der Waals surface area contributed by atoms with Crippen molar-refractivity contribution in [2.24, 2.45) is 5.16 Å². The van der Waals surface area contributed by atoms with Gasteiger partial charge in [0.1, 0.15) is 30.0 Å². The van der Waals surface area contributed by atoms with E-state index in [1.165, 1.54) is 12.1 Å². The number of oxime groups is 1. The molecule has 0 spiro atoms. The Kier molecular flexibility index (Phi) is 2.09. The van der Waals surface area contributed by atoms with Crippen molar-refractivity contribution in [2.45, 2.75) is 6.10 Å². The molecule has 4 nitrogen and oxygen atoms in total. The van der Waals surface area contributed by atoms with Crippen LogP contribution in [0.5, 0.6) is 5.75 Å². The molecule has 1 aromatic rings. The van der Waals surface area contributed by atoms with Crippen LogP contribution in [0.2, 0.25) is 0 Å². The van der Waals surface area contributed by atoms with E-state index in [-0.39, 0.29) is 23.6 Å². The first kappa shape index (κ1) is 8.96. The van der Waals surface area contributed by atoms with Gasteiger partial charge in [-0.1, -0.05) is 11.2 Å². The summed E-state index contributed by atoms with van der Waals surface area (Å²) in [5.74, 6) is -0.294. The van der Waals surface area contributed by atoms with Crippen LogP contribution in [0.25, 0.3) is 0 Å². The predicted octanol–water partition coefficient (Wildman–Crippen LogP) is 0.757. The fourth-order valence-electron chi connectivity index (χ4n) is 1.40. The monoisotopic (exact) mass is 197 g/mol. The Hall–Kier alpha value is -1.62. The van der Waals surface area contributed by atoms with Gasteiger partial charge in [0, 0.05) is 0 Å². The molecule has 0 saturated carbocycles. The minimum Gasteiger partial charge on any atom is -0.490 e. The average molecular weight is 197 g/mol. The molecule has 5 heteroatoms. The van der Waals surface area contributed by atoms with Gasteiger partial charge in [-0.05, 0) is 12.1 Å². The quantitative estimate of drug-likeness (QED) is 0.476. The maximum atomic E-state index is 13.3. The molecule has 1 atom stereocenters. The third-order valence-corrected chi connectivity index (χ3v) is 2.05. The normalized spacial score (nSPS) is 23.0. The Morgan fingerprint density at radius 1 is 1.50 bits per heavy atom. The van der Waals surface area contributed by atoms with Crippen LogP contribution in [-0.2, 0) is 0 Å². The highest BCUT2D eigenvalue weighted by Crippen LogP contribution is 2.27. The number of hydrogen-bond donors (Lipinski definition) is 2. The second-order valence-electron chi connectivity index (χ2n) is 2.93. The number of rotatable bonds is 0. The number of benzene rings is 1. The lowest BCUT2D eigenvalue weighted by Gasteiger charge is -2.22. The highest BCUT2D eigenvalue weighted by atomic mass is 19.1. The Morgan fingerprint density at radius 3 is 3.00 bits per heavy atom. The van der Waals surface area contributed by atoms with Crippen molar-refractivity contribution in [2.75, 3.05) is 6.61 Å². The summed E-state index contributed by atoms with van der Waals surface area (Å²) in [5.41, 5.74) is -0.0712. The third kappa shape index (κ3) is 1.22. The third-order valence-electron chi connectivity index (χ3n) is 2.05. The summed E-state index contributed by atoms with van der Waals surface area (Å²) in [7, 11) is 0. The Bertz CT molecular complexity index is 392. The lowest BCUT2D eigenvalue weighted by atomic mass is 10.0. The van der Waals surface area contributed by atoms with Crippen molar-refractivity contribution in [3.63, 3.8) is 0 Å². The molecular weight excluding hydrogens is 189 g/mol. The molecule has 2 rings (SSSR count). The van der Waals surface area contributed by atoms with Crippen molar-refractivity contribution in [3.05, 3.63) is 29.6 Å². The first-order chi connectivity index (χ1) is 6.74. The van der Waals surface area contributed by atoms with Gasteiger partial charge in [0.25, 0.3) is 0 Å². The van der Waals surface area contributed by atoms with Crippen LogP contribution >= 0.6 is 0 Å². The molecule has 0 bridgehead atoms. The van der Waals surface area contributed by atoms with E-state index in [2.05, 4.69) is 5.16 Å². The van der Waals surface area contributed by atoms with E-state index in [4.69, 9.17) is 9.94 Å². The second-order valence-corrected chi connectivity index (χ2v) is 2.93. The molecule has 14 heavy (non-hydrogen) atoms. The topological polar surface area (TPSA) is 62.1 Å². The van der Waals surface area contributed by atoms with Gasteiger partial charge in [0.2, 0.25) is 0 Å². The second kappa shape index (κ2) is 3.26. The van der Waals surface area contributed by atoms with Crippen LogP contribution in [0.4, 0.5) is 4.39 Å². The molecule has 0 radical (unpaired) electrons. The number of hydrogen-bond acceptors (Lipinski definition) is 4. The summed E-state index contributed by atoms with van der Waals surface area (Å²) in [6.07, 6.45) is -1.09. The smallest absolute Gasteiger partial charge is 0.136 e. The minimum atomic E-state index is -1.09. The van der Waals surface area contributed by atoms with Gasteiger partial charge in [0.05, 0.1) is 5.56 Å². The van der Waals surface area contributed by atoms with E-state index in [0.29, 0.717) is 0 Å². The Morgan fingerprint density at radius 2 is 2.29 bits per heavy atom. The SMILES string of the molecule is ON=C1c2c(F)cccc2OCC1O. The summed E-state index contributed by atoms with van der Waals surface area (Å²) in [6.45, 7) is -0.0319. The maximum absolute atomic E-state index is 13.3. The van der Waals surface area contributed by atoms with Gasteiger partial charge in [-0.15, -0.1) is 0 Å². The van der Waals surface area contributed by atoms with Crippen LogP contribution in [0, 0.1) is 5.82 Å². The largest absolute Gasteiger partial charge is 0.490 e. The molecule has 0 aliphatic carbocycles. The molecule has 2 N–H and O–H groups in total. The maximum Gasteiger partial charge on any atom is 0.136 e. The lowest BCUT2D eigenvalue weighted by molar-refractivity contribution is 0.145. The fraction of sp³-hybridized carbons (Fsp3) is 0.222. The van der Waals surface area contributed by atoms with Crippen molar-refractivity contribution < 1.29 is 19.4 Å². The number of aliphatic hydroxyl groups excluding tert-OH is 1. The van der Waals surface area contributed by atoms with E-state index in [1.807, 2.05) is 0 Å². The van der Waals surface area contributed by atoms with Crippen LogP contribution in [0.3, 0.4) is 0 Å². The van der Waals surface area contributed by atoms with Gasteiger partial charge in [0.15, 0.2) is 0 Å². The Balaban J connectivity index is 2.61. The Labute approximate surface area is 79.2 Å². The van der Waals surface area contributed by atoms with Crippen molar-refractivity contribution in [1.29, 1.82) is 0 Å². The van der Waals surface area contributed by atoms with Crippen molar-refractivity contribution >= 4 is 5.71 Å². The zero-order chi connectivity index (χ0) is 10.1. The molecule has 1 aliphatic heterocycles. The molecule has 1 aromatic carbocycles. The van der Waals surface area contributed by atoms with Crippen LogP contribution in [0.1, 0.15) is 5.56 Å².